The molecule has 1 heterocycles. The maximum atomic E-state index is 5.52. The van der Waals surface area contributed by atoms with Crippen LogP contribution in [0.5, 0.6) is 5.75 Å². The fourth-order valence-corrected chi connectivity index (χ4v) is 2.57. The number of hydrogen-bond acceptors (Lipinski definition) is 4. The Morgan fingerprint density at radius 2 is 1.95 bits per heavy atom. The number of ether oxygens (including phenoxy) is 1. The molecule has 1 unspecified atom stereocenters. The molecule has 106 valence electrons. The first-order chi connectivity index (χ1) is 9.78. The molecule has 0 aliphatic heterocycles. The zero-order chi connectivity index (χ0) is 14.4. The van der Waals surface area contributed by atoms with Crippen molar-refractivity contribution in [2.75, 3.05) is 19.9 Å². The molecule has 0 radical (unpaired) electrons. The minimum atomic E-state index is 0.124. The van der Waals surface area contributed by atoms with Gasteiger partial charge >= 0.3 is 0 Å². The Morgan fingerprint density at radius 1 is 1.20 bits per heavy atom. The number of thioether (sulfide) groups is 1. The first-order valence-electron chi connectivity index (χ1n) is 6.67. The Morgan fingerprint density at radius 3 is 2.55 bits per heavy atom. The first kappa shape index (κ1) is 14.9. The number of nitrogens with zero attached hydrogens (tertiary/aromatic N) is 1. The molecule has 0 spiro atoms. The Bertz CT molecular complexity index is 542. The number of benzene rings is 1. The zero-order valence-electron chi connectivity index (χ0n) is 12.1. The normalized spacial score (nSPS) is 12.2. The van der Waals surface area contributed by atoms with Gasteiger partial charge in [-0.3, -0.25) is 4.98 Å². The highest BCUT2D eigenvalue weighted by atomic mass is 32.2. The molecular weight excluding hydrogens is 268 g/mol. The Labute approximate surface area is 124 Å². The lowest BCUT2D eigenvalue weighted by atomic mass is 10.0. The van der Waals surface area contributed by atoms with E-state index in [0.29, 0.717) is 6.61 Å². The Hall–Kier alpha value is -1.52. The number of pyridine rings is 1. The van der Waals surface area contributed by atoms with E-state index in [1.807, 2.05) is 26.2 Å². The van der Waals surface area contributed by atoms with Crippen LogP contribution in [-0.2, 0) is 0 Å². The third kappa shape index (κ3) is 3.52. The van der Waals surface area contributed by atoms with E-state index in [1.54, 1.807) is 18.0 Å². The summed E-state index contributed by atoms with van der Waals surface area (Å²) in [5, 5.41) is 3.34. The van der Waals surface area contributed by atoms with Crippen molar-refractivity contribution in [2.24, 2.45) is 0 Å². The molecule has 2 aromatic rings. The van der Waals surface area contributed by atoms with Crippen LogP contribution in [0.25, 0.3) is 0 Å². The maximum Gasteiger partial charge on any atom is 0.137 e. The number of hydrogen-bond donors (Lipinski definition) is 1. The average Bonchev–Trinajstić information content (AvgIpc) is 2.49. The highest BCUT2D eigenvalue weighted by Gasteiger charge is 2.13. The van der Waals surface area contributed by atoms with Gasteiger partial charge in [-0.15, -0.1) is 11.8 Å². The van der Waals surface area contributed by atoms with E-state index in [-0.39, 0.29) is 6.04 Å². The molecule has 1 aromatic carbocycles. The molecular formula is C16H20N2OS. The second kappa shape index (κ2) is 7.31. The minimum absolute atomic E-state index is 0.124. The molecule has 0 saturated carbocycles. The summed E-state index contributed by atoms with van der Waals surface area (Å²) >= 11 is 1.75. The van der Waals surface area contributed by atoms with Gasteiger partial charge in [-0.25, -0.2) is 0 Å². The van der Waals surface area contributed by atoms with Gasteiger partial charge in [0.2, 0.25) is 0 Å². The monoisotopic (exact) mass is 288 g/mol. The van der Waals surface area contributed by atoms with Gasteiger partial charge in [0, 0.05) is 11.1 Å². The van der Waals surface area contributed by atoms with Crippen molar-refractivity contribution in [2.45, 2.75) is 17.9 Å². The van der Waals surface area contributed by atoms with Gasteiger partial charge in [0.05, 0.1) is 18.8 Å². The number of nitrogens with one attached hydrogen (secondary N) is 1. The van der Waals surface area contributed by atoms with E-state index in [9.17, 15) is 0 Å². The summed E-state index contributed by atoms with van der Waals surface area (Å²) in [6.07, 6.45) is 5.71. The largest absolute Gasteiger partial charge is 0.492 e. The van der Waals surface area contributed by atoms with E-state index in [1.165, 1.54) is 10.5 Å². The molecule has 0 amide bonds. The minimum Gasteiger partial charge on any atom is -0.492 e. The van der Waals surface area contributed by atoms with Crippen LogP contribution >= 0.6 is 11.8 Å². The van der Waals surface area contributed by atoms with Gasteiger partial charge in [0.25, 0.3) is 0 Å². The summed E-state index contributed by atoms with van der Waals surface area (Å²) in [5.41, 5.74) is 2.33. The standard InChI is InChI=1S/C16H20N2OS/c1-4-19-14-9-13(10-18-11-14)16(17-2)12-5-7-15(20-3)8-6-12/h5-11,16-17H,4H2,1-3H3. The quantitative estimate of drug-likeness (QED) is 0.825. The second-order valence-electron chi connectivity index (χ2n) is 4.38. The van der Waals surface area contributed by atoms with E-state index in [2.05, 4.69) is 40.8 Å². The van der Waals surface area contributed by atoms with Crippen LogP contribution in [0.1, 0.15) is 24.1 Å². The van der Waals surface area contributed by atoms with Crippen LogP contribution in [0.3, 0.4) is 0 Å². The van der Waals surface area contributed by atoms with Crippen LogP contribution in [0.15, 0.2) is 47.6 Å². The summed E-state index contributed by atoms with van der Waals surface area (Å²) in [6, 6.07) is 10.8. The molecule has 1 atom stereocenters. The molecule has 1 aromatic heterocycles. The fourth-order valence-electron chi connectivity index (χ4n) is 2.16. The van der Waals surface area contributed by atoms with Crippen molar-refractivity contribution in [1.82, 2.24) is 10.3 Å². The lowest BCUT2D eigenvalue weighted by Crippen LogP contribution is -2.17. The molecule has 4 heteroatoms. The first-order valence-corrected chi connectivity index (χ1v) is 7.90. The maximum absolute atomic E-state index is 5.52. The second-order valence-corrected chi connectivity index (χ2v) is 5.26. The Kier molecular flexibility index (Phi) is 5.44. The molecule has 1 N–H and O–H groups in total. The van der Waals surface area contributed by atoms with Crippen molar-refractivity contribution in [3.05, 3.63) is 53.9 Å². The number of aromatic nitrogens is 1. The smallest absolute Gasteiger partial charge is 0.137 e. The van der Waals surface area contributed by atoms with Gasteiger partial charge in [-0.05, 0) is 49.6 Å². The topological polar surface area (TPSA) is 34.1 Å². The molecule has 0 saturated heterocycles. The molecule has 0 aliphatic rings. The van der Waals surface area contributed by atoms with Crippen LogP contribution in [0, 0.1) is 0 Å². The van der Waals surface area contributed by atoms with Crippen molar-refractivity contribution in [1.29, 1.82) is 0 Å². The van der Waals surface area contributed by atoms with Crippen LogP contribution < -0.4 is 10.1 Å². The Balaban J connectivity index is 2.28. The van der Waals surface area contributed by atoms with Gasteiger partial charge in [0.15, 0.2) is 0 Å². The predicted molar refractivity (Wildman–Crippen MR) is 84.5 cm³/mol. The highest BCUT2D eigenvalue weighted by molar-refractivity contribution is 7.98. The SMILES string of the molecule is CCOc1cncc(C(NC)c2ccc(SC)cc2)c1. The van der Waals surface area contributed by atoms with Gasteiger partial charge in [0.1, 0.15) is 5.75 Å². The summed E-state index contributed by atoms with van der Waals surface area (Å²) in [7, 11) is 1.96. The van der Waals surface area contributed by atoms with Gasteiger partial charge in [-0.1, -0.05) is 12.1 Å². The van der Waals surface area contributed by atoms with Crippen LogP contribution in [0.2, 0.25) is 0 Å². The molecule has 2 rings (SSSR count). The highest BCUT2D eigenvalue weighted by Crippen LogP contribution is 2.25. The van der Waals surface area contributed by atoms with Gasteiger partial charge in [-0.2, -0.15) is 0 Å². The molecule has 0 bridgehead atoms. The lowest BCUT2D eigenvalue weighted by Gasteiger charge is -2.18. The van der Waals surface area contributed by atoms with Crippen molar-refractivity contribution in [3.8, 4) is 5.75 Å². The van der Waals surface area contributed by atoms with E-state index >= 15 is 0 Å². The average molecular weight is 288 g/mol. The molecule has 3 nitrogen and oxygen atoms in total. The van der Waals surface area contributed by atoms with Crippen molar-refractivity contribution in [3.63, 3.8) is 0 Å². The zero-order valence-corrected chi connectivity index (χ0v) is 12.9. The summed E-state index contributed by atoms with van der Waals surface area (Å²) in [4.78, 5) is 5.53. The summed E-state index contributed by atoms with van der Waals surface area (Å²) in [5.74, 6) is 0.811. The lowest BCUT2D eigenvalue weighted by molar-refractivity contribution is 0.338. The summed E-state index contributed by atoms with van der Waals surface area (Å²) < 4.78 is 5.52. The fraction of sp³-hybridized carbons (Fsp3) is 0.312. The summed E-state index contributed by atoms with van der Waals surface area (Å²) in [6.45, 7) is 2.63. The van der Waals surface area contributed by atoms with Crippen molar-refractivity contribution < 1.29 is 4.74 Å². The molecule has 0 aliphatic carbocycles. The number of rotatable bonds is 6. The van der Waals surface area contributed by atoms with E-state index in [4.69, 9.17) is 4.74 Å². The third-order valence-corrected chi connectivity index (χ3v) is 3.86. The van der Waals surface area contributed by atoms with Crippen molar-refractivity contribution >= 4 is 11.8 Å². The van der Waals surface area contributed by atoms with Crippen LogP contribution in [-0.4, -0.2) is 24.9 Å². The van der Waals surface area contributed by atoms with Crippen LogP contribution in [0.4, 0.5) is 0 Å². The van der Waals surface area contributed by atoms with Gasteiger partial charge < -0.3 is 10.1 Å². The molecule has 0 fully saturated rings. The van der Waals surface area contributed by atoms with E-state index in [0.717, 1.165) is 11.3 Å². The third-order valence-electron chi connectivity index (χ3n) is 3.12. The predicted octanol–water partition coefficient (Wildman–Crippen LogP) is 3.51. The van der Waals surface area contributed by atoms with E-state index < -0.39 is 0 Å². The molecule has 20 heavy (non-hydrogen) atoms.